The molecule has 0 aliphatic heterocycles. The lowest BCUT2D eigenvalue weighted by atomic mass is 10.1. The zero-order chi connectivity index (χ0) is 14.5. The smallest absolute Gasteiger partial charge is 0.319 e. The zero-order valence-corrected chi connectivity index (χ0v) is 12.2. The number of hydrogen-bond acceptors (Lipinski definition) is 3. The molecule has 2 aromatic rings. The molecule has 2 rings (SSSR count). The van der Waals surface area contributed by atoms with Crippen LogP contribution in [0.2, 0.25) is 0 Å². The summed E-state index contributed by atoms with van der Waals surface area (Å²) in [5.41, 5.74) is 0.663. The van der Waals surface area contributed by atoms with Gasteiger partial charge in [-0.1, -0.05) is 40.2 Å². The third-order valence-electron chi connectivity index (χ3n) is 2.90. The van der Waals surface area contributed by atoms with Crippen molar-refractivity contribution in [3.05, 3.63) is 40.9 Å². The predicted molar refractivity (Wildman–Crippen MR) is 81.8 cm³/mol. The van der Waals surface area contributed by atoms with Crippen LogP contribution in [0.25, 0.3) is 10.8 Å². The number of hydrogen-bond donors (Lipinski definition) is 4. The van der Waals surface area contributed by atoms with E-state index < -0.39 is 12.1 Å². The van der Waals surface area contributed by atoms with Crippen LogP contribution in [-0.2, 0) is 0 Å². The highest BCUT2D eigenvalue weighted by molar-refractivity contribution is 9.10. The average molecular weight is 339 g/mol. The Labute approximate surface area is 124 Å². The van der Waals surface area contributed by atoms with E-state index in [-0.39, 0.29) is 13.2 Å². The Morgan fingerprint density at radius 1 is 1.10 bits per heavy atom. The maximum atomic E-state index is 11.8. The van der Waals surface area contributed by atoms with E-state index in [0.29, 0.717) is 5.69 Å². The van der Waals surface area contributed by atoms with Crippen molar-refractivity contribution >= 4 is 38.4 Å². The Balaban J connectivity index is 2.22. The van der Waals surface area contributed by atoms with Crippen molar-refractivity contribution < 1.29 is 15.0 Å². The summed E-state index contributed by atoms with van der Waals surface area (Å²) >= 11 is 3.47. The number of urea groups is 1. The Bertz CT molecular complexity index is 614. The molecule has 2 amide bonds. The second-order valence-corrected chi connectivity index (χ2v) is 5.16. The van der Waals surface area contributed by atoms with Crippen molar-refractivity contribution in [2.75, 3.05) is 18.5 Å². The molecule has 0 bridgehead atoms. The first-order valence-electron chi connectivity index (χ1n) is 6.12. The van der Waals surface area contributed by atoms with Gasteiger partial charge in [0.05, 0.1) is 24.9 Å². The fourth-order valence-electron chi connectivity index (χ4n) is 1.86. The largest absolute Gasteiger partial charge is 0.394 e. The van der Waals surface area contributed by atoms with Gasteiger partial charge in [0.15, 0.2) is 0 Å². The molecule has 0 heterocycles. The summed E-state index contributed by atoms with van der Waals surface area (Å²) in [6, 6.07) is 10.2. The summed E-state index contributed by atoms with van der Waals surface area (Å²) in [4.78, 5) is 11.8. The van der Waals surface area contributed by atoms with Gasteiger partial charge in [0, 0.05) is 9.86 Å². The number of carbonyl (C=O) groups excluding carboxylic acids is 1. The highest BCUT2D eigenvalue weighted by atomic mass is 79.9. The van der Waals surface area contributed by atoms with Crippen LogP contribution >= 0.6 is 15.9 Å². The molecule has 0 spiro atoms. The summed E-state index contributed by atoms with van der Waals surface area (Å²) in [6.07, 6.45) is 0. The quantitative estimate of drug-likeness (QED) is 0.688. The fraction of sp³-hybridized carbons (Fsp3) is 0.214. The SMILES string of the molecule is O=C(Nc1ccc(Br)c2ccccc12)NC(CO)CO. The van der Waals surface area contributed by atoms with Gasteiger partial charge in [-0.2, -0.15) is 0 Å². The molecule has 106 valence electrons. The monoisotopic (exact) mass is 338 g/mol. The minimum atomic E-state index is -0.670. The van der Waals surface area contributed by atoms with Crippen molar-refractivity contribution in [3.63, 3.8) is 0 Å². The lowest BCUT2D eigenvalue weighted by molar-refractivity contribution is 0.172. The van der Waals surface area contributed by atoms with E-state index in [0.717, 1.165) is 15.2 Å². The number of benzene rings is 2. The molecule has 5 nitrogen and oxygen atoms in total. The number of carbonyl (C=O) groups is 1. The van der Waals surface area contributed by atoms with Gasteiger partial charge in [-0.3, -0.25) is 0 Å². The summed E-state index contributed by atoms with van der Waals surface area (Å²) in [6.45, 7) is -0.629. The third-order valence-corrected chi connectivity index (χ3v) is 3.59. The van der Waals surface area contributed by atoms with E-state index in [1.807, 2.05) is 30.3 Å². The van der Waals surface area contributed by atoms with Crippen molar-refractivity contribution in [1.29, 1.82) is 0 Å². The van der Waals surface area contributed by atoms with Crippen molar-refractivity contribution in [2.24, 2.45) is 0 Å². The number of fused-ring (bicyclic) bond motifs is 1. The van der Waals surface area contributed by atoms with Crippen molar-refractivity contribution in [1.82, 2.24) is 5.32 Å². The van der Waals surface area contributed by atoms with Gasteiger partial charge in [-0.05, 0) is 17.5 Å². The summed E-state index contributed by atoms with van der Waals surface area (Å²) < 4.78 is 0.947. The third kappa shape index (κ3) is 3.27. The molecule has 0 aliphatic carbocycles. The van der Waals surface area contributed by atoms with Crippen molar-refractivity contribution in [3.8, 4) is 0 Å². The topological polar surface area (TPSA) is 81.6 Å². The Morgan fingerprint density at radius 3 is 2.40 bits per heavy atom. The highest BCUT2D eigenvalue weighted by Gasteiger charge is 2.11. The molecule has 4 N–H and O–H groups in total. The molecule has 0 atom stereocenters. The van der Waals surface area contributed by atoms with Crippen molar-refractivity contribution in [2.45, 2.75) is 6.04 Å². The van der Waals surface area contributed by atoms with Gasteiger partial charge in [0.2, 0.25) is 0 Å². The summed E-state index contributed by atoms with van der Waals surface area (Å²) in [5, 5.41) is 25.0. The molecule has 0 aliphatic rings. The summed E-state index contributed by atoms with van der Waals surface area (Å²) in [7, 11) is 0. The van der Waals surface area contributed by atoms with Crippen LogP contribution in [0.5, 0.6) is 0 Å². The van der Waals surface area contributed by atoms with Gasteiger partial charge in [0.25, 0.3) is 0 Å². The van der Waals surface area contributed by atoms with E-state index in [1.165, 1.54) is 0 Å². The number of halogens is 1. The first-order chi connectivity index (χ1) is 9.65. The van der Waals surface area contributed by atoms with E-state index in [1.54, 1.807) is 6.07 Å². The van der Waals surface area contributed by atoms with E-state index in [2.05, 4.69) is 26.6 Å². The molecule has 0 radical (unpaired) electrons. The maximum Gasteiger partial charge on any atom is 0.319 e. The normalized spacial score (nSPS) is 10.8. The van der Waals surface area contributed by atoms with E-state index in [9.17, 15) is 4.79 Å². The molecule has 2 aromatic carbocycles. The maximum absolute atomic E-state index is 11.8. The standard InChI is InChI=1S/C14H15BrN2O3/c15-12-5-6-13(11-4-2-1-3-10(11)12)17-14(20)16-9(7-18)8-19/h1-6,9,18-19H,7-8H2,(H2,16,17,20). The predicted octanol–water partition coefficient (Wildman–Crippen LogP) is 2.08. The first-order valence-corrected chi connectivity index (χ1v) is 6.91. The first kappa shape index (κ1) is 14.8. The molecule has 6 heteroatoms. The number of nitrogens with one attached hydrogen (secondary N) is 2. The van der Waals surface area contributed by atoms with Gasteiger partial charge in [-0.15, -0.1) is 0 Å². The van der Waals surface area contributed by atoms with Gasteiger partial charge >= 0.3 is 6.03 Å². The average Bonchev–Trinajstić information content (AvgIpc) is 2.48. The van der Waals surface area contributed by atoms with Crippen LogP contribution in [0.4, 0.5) is 10.5 Å². The zero-order valence-electron chi connectivity index (χ0n) is 10.6. The lowest BCUT2D eigenvalue weighted by Crippen LogP contribution is -2.42. The van der Waals surface area contributed by atoms with Crippen LogP contribution in [0.1, 0.15) is 0 Å². The Kier molecular flexibility index (Phi) is 4.94. The van der Waals surface area contributed by atoms with Gasteiger partial charge in [-0.25, -0.2) is 4.79 Å². The van der Waals surface area contributed by atoms with Crippen LogP contribution in [0.3, 0.4) is 0 Å². The number of aliphatic hydroxyl groups excluding tert-OH is 2. The molecule has 0 saturated heterocycles. The summed E-state index contributed by atoms with van der Waals surface area (Å²) in [5.74, 6) is 0. The second-order valence-electron chi connectivity index (χ2n) is 4.30. The lowest BCUT2D eigenvalue weighted by Gasteiger charge is -2.15. The minimum absolute atomic E-state index is 0.314. The molecule has 20 heavy (non-hydrogen) atoms. The van der Waals surface area contributed by atoms with E-state index in [4.69, 9.17) is 10.2 Å². The minimum Gasteiger partial charge on any atom is -0.394 e. The fourth-order valence-corrected chi connectivity index (χ4v) is 2.34. The number of amides is 2. The number of aliphatic hydroxyl groups is 2. The Hall–Kier alpha value is -1.63. The van der Waals surface area contributed by atoms with Crippen LogP contribution in [-0.4, -0.2) is 35.5 Å². The van der Waals surface area contributed by atoms with Crippen LogP contribution < -0.4 is 10.6 Å². The van der Waals surface area contributed by atoms with Gasteiger partial charge < -0.3 is 20.8 Å². The molecule has 0 saturated carbocycles. The number of rotatable bonds is 4. The van der Waals surface area contributed by atoms with Crippen LogP contribution in [0, 0.1) is 0 Å². The second kappa shape index (κ2) is 6.69. The molecular weight excluding hydrogens is 324 g/mol. The molecule has 0 unspecified atom stereocenters. The molecule has 0 aromatic heterocycles. The molecule has 0 fully saturated rings. The highest BCUT2D eigenvalue weighted by Crippen LogP contribution is 2.29. The molecular formula is C14H15BrN2O3. The van der Waals surface area contributed by atoms with E-state index >= 15 is 0 Å². The number of anilines is 1. The Morgan fingerprint density at radius 2 is 1.75 bits per heavy atom. The van der Waals surface area contributed by atoms with Crippen LogP contribution in [0.15, 0.2) is 40.9 Å². The van der Waals surface area contributed by atoms with Gasteiger partial charge in [0.1, 0.15) is 0 Å².